The summed E-state index contributed by atoms with van der Waals surface area (Å²) in [5.74, 6) is 2.25. The highest BCUT2D eigenvalue weighted by Gasteiger charge is 2.36. The summed E-state index contributed by atoms with van der Waals surface area (Å²) < 4.78 is 0. The summed E-state index contributed by atoms with van der Waals surface area (Å²) in [5, 5.41) is 10.5. The van der Waals surface area contributed by atoms with Gasteiger partial charge in [-0.3, -0.25) is 9.69 Å². The van der Waals surface area contributed by atoms with Gasteiger partial charge >= 0.3 is 0 Å². The molecule has 4 aliphatic rings. The number of aromatic nitrogens is 2. The zero-order valence-electron chi connectivity index (χ0n) is 23.5. The van der Waals surface area contributed by atoms with E-state index in [1.54, 1.807) is 0 Å². The van der Waals surface area contributed by atoms with Crippen LogP contribution in [0.4, 0.5) is 11.8 Å². The van der Waals surface area contributed by atoms with E-state index in [0.29, 0.717) is 18.1 Å². The monoisotopic (exact) mass is 525 g/mol. The smallest absolute Gasteiger partial charge is 0.224 e. The van der Waals surface area contributed by atoms with E-state index in [2.05, 4.69) is 36.8 Å². The van der Waals surface area contributed by atoms with Crippen LogP contribution in [-0.2, 0) is 4.79 Å². The van der Waals surface area contributed by atoms with Crippen LogP contribution in [0.2, 0.25) is 0 Å². The van der Waals surface area contributed by atoms with Crippen LogP contribution in [0, 0.1) is 5.92 Å². The minimum atomic E-state index is 0.172. The molecule has 3 N–H and O–H groups in total. The van der Waals surface area contributed by atoms with Gasteiger partial charge in [0.05, 0.1) is 0 Å². The summed E-state index contributed by atoms with van der Waals surface area (Å²) in [4.78, 5) is 27.8. The average Bonchev–Trinajstić information content (AvgIpc) is 2.94. The number of carbonyl (C=O) groups is 1. The lowest BCUT2D eigenvalue weighted by molar-refractivity contribution is -0.125. The first-order valence-corrected chi connectivity index (χ1v) is 15.9. The van der Waals surface area contributed by atoms with E-state index in [1.807, 2.05) is 6.20 Å². The number of nitrogens with one attached hydrogen (secondary N) is 3. The molecule has 3 aliphatic heterocycles. The molecule has 4 fully saturated rings. The molecule has 8 nitrogen and oxygen atoms in total. The van der Waals surface area contributed by atoms with Crippen molar-refractivity contribution in [2.24, 2.45) is 5.92 Å². The Balaban J connectivity index is 1.25. The molecule has 1 aliphatic carbocycles. The third-order valence-corrected chi connectivity index (χ3v) is 9.45. The van der Waals surface area contributed by atoms with E-state index in [4.69, 9.17) is 4.98 Å². The Labute approximate surface area is 230 Å². The topological polar surface area (TPSA) is 85.4 Å². The number of piperidine rings is 2. The lowest BCUT2D eigenvalue weighted by Gasteiger charge is -2.47. The third kappa shape index (κ3) is 7.59. The lowest BCUT2D eigenvalue weighted by atomic mass is 9.87. The standard InChI is InChI=1S/C30H51N7O/c38-29(24-13-17-31-18-14-24)32-19-15-27-26(12-9-23-37(27)25-10-5-4-6-11-25)34-30-33-20-16-28(35-30)36-21-7-2-1-3-8-22-36/h16,20,24-27,31H,1-15,17-19,21-23H2,(H,32,38)(H,33,34,35)/t26-,27+/m0/s1. The minimum Gasteiger partial charge on any atom is -0.356 e. The maximum atomic E-state index is 12.8. The number of anilines is 2. The number of rotatable bonds is 8. The van der Waals surface area contributed by atoms with Crippen LogP contribution >= 0.6 is 0 Å². The van der Waals surface area contributed by atoms with Gasteiger partial charge in [-0.05, 0) is 83.5 Å². The largest absolute Gasteiger partial charge is 0.356 e. The van der Waals surface area contributed by atoms with Crippen LogP contribution in [-0.4, -0.2) is 78.2 Å². The van der Waals surface area contributed by atoms with E-state index < -0.39 is 0 Å². The molecule has 1 saturated carbocycles. The van der Waals surface area contributed by atoms with Gasteiger partial charge < -0.3 is 20.9 Å². The second-order valence-electron chi connectivity index (χ2n) is 12.1. The molecule has 3 saturated heterocycles. The summed E-state index contributed by atoms with van der Waals surface area (Å²) in [7, 11) is 0. The van der Waals surface area contributed by atoms with Crippen molar-refractivity contribution >= 4 is 17.7 Å². The van der Waals surface area contributed by atoms with Gasteiger partial charge in [-0.25, -0.2) is 4.98 Å². The minimum absolute atomic E-state index is 0.172. The van der Waals surface area contributed by atoms with Gasteiger partial charge in [-0.2, -0.15) is 4.98 Å². The maximum Gasteiger partial charge on any atom is 0.224 e. The van der Waals surface area contributed by atoms with Gasteiger partial charge in [0.25, 0.3) is 0 Å². The molecule has 0 bridgehead atoms. The number of nitrogens with zero attached hydrogens (tertiary/aromatic N) is 4. The van der Waals surface area contributed by atoms with Gasteiger partial charge in [-0.1, -0.05) is 38.5 Å². The normalized spacial score (nSPS) is 26.9. The number of likely N-dealkylation sites (tertiary alicyclic amines) is 1. The summed E-state index contributed by atoms with van der Waals surface area (Å²) in [6.07, 6.45) is 20.4. The molecule has 2 atom stereocenters. The van der Waals surface area contributed by atoms with E-state index in [0.717, 1.165) is 70.2 Å². The molecule has 0 radical (unpaired) electrons. The Morgan fingerprint density at radius 3 is 2.42 bits per heavy atom. The van der Waals surface area contributed by atoms with Gasteiger partial charge in [0.2, 0.25) is 11.9 Å². The summed E-state index contributed by atoms with van der Waals surface area (Å²) >= 11 is 0. The van der Waals surface area contributed by atoms with E-state index in [9.17, 15) is 4.79 Å². The Hall–Kier alpha value is -1.93. The molecule has 8 heteroatoms. The number of hydrogen-bond acceptors (Lipinski definition) is 7. The second kappa shape index (κ2) is 14.5. The average molecular weight is 526 g/mol. The molecular weight excluding hydrogens is 474 g/mol. The lowest BCUT2D eigenvalue weighted by Crippen LogP contribution is -2.56. The Morgan fingerprint density at radius 2 is 1.63 bits per heavy atom. The van der Waals surface area contributed by atoms with Crippen LogP contribution in [0.5, 0.6) is 0 Å². The van der Waals surface area contributed by atoms with Crippen molar-refractivity contribution in [3.63, 3.8) is 0 Å². The van der Waals surface area contributed by atoms with Crippen molar-refractivity contribution in [1.29, 1.82) is 0 Å². The summed E-state index contributed by atoms with van der Waals surface area (Å²) in [6, 6.07) is 3.46. The van der Waals surface area contributed by atoms with Gasteiger partial charge in [0.15, 0.2) is 0 Å². The zero-order chi connectivity index (χ0) is 26.0. The number of hydrogen-bond donors (Lipinski definition) is 3. The van der Waals surface area contributed by atoms with Crippen molar-refractivity contribution in [2.45, 2.75) is 114 Å². The van der Waals surface area contributed by atoms with Crippen molar-refractivity contribution < 1.29 is 4.79 Å². The van der Waals surface area contributed by atoms with Crippen LogP contribution in [0.1, 0.15) is 96.3 Å². The fourth-order valence-corrected chi connectivity index (χ4v) is 7.29. The first-order valence-electron chi connectivity index (χ1n) is 15.9. The molecular formula is C30H51N7O. The van der Waals surface area contributed by atoms with Crippen molar-refractivity contribution in [3.05, 3.63) is 12.3 Å². The molecule has 212 valence electrons. The highest BCUT2D eigenvalue weighted by Crippen LogP contribution is 2.31. The van der Waals surface area contributed by atoms with E-state index in [-0.39, 0.29) is 11.8 Å². The first kappa shape index (κ1) is 27.6. The third-order valence-electron chi connectivity index (χ3n) is 9.45. The quantitative estimate of drug-likeness (QED) is 0.466. The Kier molecular flexibility index (Phi) is 10.5. The Bertz CT molecular complexity index is 847. The number of carbonyl (C=O) groups excluding carboxylic acids is 1. The summed E-state index contributed by atoms with van der Waals surface area (Å²) in [6.45, 7) is 6.02. The van der Waals surface area contributed by atoms with Gasteiger partial charge in [0.1, 0.15) is 5.82 Å². The molecule has 0 spiro atoms. The van der Waals surface area contributed by atoms with E-state index in [1.165, 1.54) is 77.2 Å². The van der Waals surface area contributed by atoms with Crippen molar-refractivity contribution in [3.8, 4) is 0 Å². The van der Waals surface area contributed by atoms with Gasteiger partial charge in [0, 0.05) is 49.9 Å². The highest BCUT2D eigenvalue weighted by atomic mass is 16.1. The van der Waals surface area contributed by atoms with Crippen LogP contribution in [0.15, 0.2) is 12.3 Å². The van der Waals surface area contributed by atoms with E-state index >= 15 is 0 Å². The van der Waals surface area contributed by atoms with Crippen molar-refractivity contribution in [1.82, 2.24) is 25.5 Å². The molecule has 0 aromatic carbocycles. The van der Waals surface area contributed by atoms with Crippen LogP contribution in [0.3, 0.4) is 0 Å². The molecule has 0 unspecified atom stereocenters. The number of amides is 1. The second-order valence-corrected chi connectivity index (χ2v) is 12.1. The fraction of sp³-hybridized carbons (Fsp3) is 0.833. The van der Waals surface area contributed by atoms with Gasteiger partial charge in [-0.15, -0.1) is 0 Å². The fourth-order valence-electron chi connectivity index (χ4n) is 7.29. The highest BCUT2D eigenvalue weighted by molar-refractivity contribution is 5.78. The molecule has 1 amide bonds. The molecule has 4 heterocycles. The first-order chi connectivity index (χ1) is 18.8. The molecule has 1 aromatic heterocycles. The maximum absolute atomic E-state index is 12.8. The molecule has 1 aromatic rings. The van der Waals surface area contributed by atoms with Crippen LogP contribution < -0.4 is 20.9 Å². The predicted molar refractivity (Wildman–Crippen MR) is 155 cm³/mol. The molecule has 38 heavy (non-hydrogen) atoms. The molecule has 5 rings (SSSR count). The predicted octanol–water partition coefficient (Wildman–Crippen LogP) is 4.33. The zero-order valence-corrected chi connectivity index (χ0v) is 23.5. The van der Waals surface area contributed by atoms with Crippen molar-refractivity contribution in [2.75, 3.05) is 49.5 Å². The SMILES string of the molecule is O=C(NCC[C@@H]1[C@@H](Nc2nccc(N3CCCCCCC3)n2)CCCN1C1CCCCC1)C1CCNCC1. The Morgan fingerprint density at radius 1 is 0.895 bits per heavy atom. The van der Waals surface area contributed by atoms with Crippen LogP contribution in [0.25, 0.3) is 0 Å². The summed E-state index contributed by atoms with van der Waals surface area (Å²) in [5.41, 5.74) is 0.